The summed E-state index contributed by atoms with van der Waals surface area (Å²) >= 11 is 0. The van der Waals surface area contributed by atoms with Gasteiger partial charge < -0.3 is 19.9 Å². The first-order valence-corrected chi connectivity index (χ1v) is 7.70. The third kappa shape index (κ3) is 3.41. The van der Waals surface area contributed by atoms with Gasteiger partial charge >= 0.3 is 0 Å². The molecule has 25 heavy (non-hydrogen) atoms. The van der Waals surface area contributed by atoms with Gasteiger partial charge in [-0.2, -0.15) is 5.10 Å². The van der Waals surface area contributed by atoms with Gasteiger partial charge in [0.25, 0.3) is 0 Å². The van der Waals surface area contributed by atoms with Gasteiger partial charge in [-0.05, 0) is 35.9 Å². The van der Waals surface area contributed by atoms with Gasteiger partial charge in [-0.25, -0.2) is 4.98 Å². The minimum absolute atomic E-state index is 0.434. The van der Waals surface area contributed by atoms with Crippen LogP contribution in [0.4, 0.5) is 0 Å². The summed E-state index contributed by atoms with van der Waals surface area (Å²) in [7, 11) is 4.80. The zero-order valence-corrected chi connectivity index (χ0v) is 14.3. The largest absolute Gasteiger partial charge is 0.497 e. The third-order valence-electron chi connectivity index (χ3n) is 3.89. The lowest BCUT2D eigenvalue weighted by molar-refractivity contribution is 0.355. The van der Waals surface area contributed by atoms with E-state index in [1.54, 1.807) is 21.3 Å². The molecule has 0 radical (unpaired) electrons. The van der Waals surface area contributed by atoms with Gasteiger partial charge in [-0.1, -0.05) is 12.1 Å². The minimum Gasteiger partial charge on any atom is -0.497 e. The number of rotatable bonds is 6. The van der Waals surface area contributed by atoms with Crippen molar-refractivity contribution in [2.24, 2.45) is 5.73 Å². The van der Waals surface area contributed by atoms with Crippen molar-refractivity contribution < 1.29 is 14.2 Å². The molecule has 1 aromatic heterocycles. The molecule has 1 heterocycles. The van der Waals surface area contributed by atoms with E-state index in [0.29, 0.717) is 23.1 Å². The van der Waals surface area contributed by atoms with E-state index >= 15 is 0 Å². The number of aromatic amines is 1. The van der Waals surface area contributed by atoms with E-state index in [1.165, 1.54) is 0 Å². The topological polar surface area (TPSA) is 95.3 Å². The van der Waals surface area contributed by atoms with Crippen LogP contribution in [0, 0.1) is 0 Å². The lowest BCUT2D eigenvalue weighted by Crippen LogP contribution is -2.13. The molecule has 0 aliphatic rings. The van der Waals surface area contributed by atoms with Crippen LogP contribution in [0.15, 0.2) is 42.5 Å². The lowest BCUT2D eigenvalue weighted by Gasteiger charge is -2.10. The van der Waals surface area contributed by atoms with E-state index in [4.69, 9.17) is 19.9 Å². The number of nitrogens with one attached hydrogen (secondary N) is 1. The maximum absolute atomic E-state index is 6.30. The number of benzene rings is 2. The molecule has 0 saturated heterocycles. The summed E-state index contributed by atoms with van der Waals surface area (Å²) < 4.78 is 15.8. The van der Waals surface area contributed by atoms with Crippen molar-refractivity contribution >= 4 is 0 Å². The number of nitrogens with zero attached hydrogens (tertiary/aromatic N) is 2. The SMILES string of the molecule is COc1cccc(C(N)c2nc(-c3ccc(OC)c(OC)c3)n[nH]2)c1. The predicted octanol–water partition coefficient (Wildman–Crippen LogP) is 2.55. The van der Waals surface area contributed by atoms with Crippen molar-refractivity contribution in [1.82, 2.24) is 15.2 Å². The molecule has 3 rings (SSSR count). The Bertz CT molecular complexity index is 863. The smallest absolute Gasteiger partial charge is 0.181 e. The van der Waals surface area contributed by atoms with Crippen LogP contribution in [0.3, 0.4) is 0 Å². The molecule has 130 valence electrons. The second-order valence-electron chi connectivity index (χ2n) is 5.37. The quantitative estimate of drug-likeness (QED) is 0.716. The van der Waals surface area contributed by atoms with Crippen LogP contribution in [0.5, 0.6) is 17.2 Å². The standard InChI is InChI=1S/C18H20N4O3/c1-23-13-6-4-5-11(9-13)16(19)18-20-17(21-22-18)12-7-8-14(24-2)15(10-12)25-3/h4-10,16H,19H2,1-3H3,(H,20,21,22). The highest BCUT2D eigenvalue weighted by Crippen LogP contribution is 2.31. The Hall–Kier alpha value is -3.06. The van der Waals surface area contributed by atoms with E-state index in [-0.39, 0.29) is 0 Å². The third-order valence-corrected chi connectivity index (χ3v) is 3.89. The molecule has 0 aliphatic carbocycles. The molecular formula is C18H20N4O3. The Balaban J connectivity index is 1.89. The van der Waals surface area contributed by atoms with E-state index < -0.39 is 6.04 Å². The molecule has 3 N–H and O–H groups in total. The molecular weight excluding hydrogens is 320 g/mol. The number of hydrogen-bond acceptors (Lipinski definition) is 6. The summed E-state index contributed by atoms with van der Waals surface area (Å²) in [6.45, 7) is 0. The zero-order chi connectivity index (χ0) is 17.8. The second kappa shape index (κ2) is 7.23. The van der Waals surface area contributed by atoms with E-state index in [0.717, 1.165) is 16.9 Å². The highest BCUT2D eigenvalue weighted by Gasteiger charge is 2.16. The molecule has 1 unspecified atom stereocenters. The summed E-state index contributed by atoms with van der Waals surface area (Å²) in [6.07, 6.45) is 0. The number of nitrogens with two attached hydrogens (primary N) is 1. The molecule has 0 spiro atoms. The van der Waals surface area contributed by atoms with Crippen molar-refractivity contribution in [3.63, 3.8) is 0 Å². The maximum atomic E-state index is 6.30. The Morgan fingerprint density at radius 2 is 1.76 bits per heavy atom. The van der Waals surface area contributed by atoms with Gasteiger partial charge in [0.2, 0.25) is 0 Å². The van der Waals surface area contributed by atoms with Crippen molar-refractivity contribution in [2.75, 3.05) is 21.3 Å². The van der Waals surface area contributed by atoms with Crippen molar-refractivity contribution in [1.29, 1.82) is 0 Å². The van der Waals surface area contributed by atoms with Crippen LogP contribution >= 0.6 is 0 Å². The predicted molar refractivity (Wildman–Crippen MR) is 93.9 cm³/mol. The van der Waals surface area contributed by atoms with Gasteiger partial charge in [0.05, 0.1) is 27.4 Å². The van der Waals surface area contributed by atoms with Crippen LogP contribution in [0.2, 0.25) is 0 Å². The zero-order valence-electron chi connectivity index (χ0n) is 14.3. The van der Waals surface area contributed by atoms with Crippen LogP contribution in [-0.4, -0.2) is 36.5 Å². The molecule has 2 aromatic carbocycles. The van der Waals surface area contributed by atoms with Gasteiger partial charge in [-0.15, -0.1) is 0 Å². The van der Waals surface area contributed by atoms with Crippen molar-refractivity contribution in [2.45, 2.75) is 6.04 Å². The second-order valence-corrected chi connectivity index (χ2v) is 5.37. The number of hydrogen-bond donors (Lipinski definition) is 2. The summed E-state index contributed by atoms with van der Waals surface area (Å²) in [5, 5.41) is 7.17. The molecule has 7 heteroatoms. The summed E-state index contributed by atoms with van der Waals surface area (Å²) in [4.78, 5) is 4.51. The van der Waals surface area contributed by atoms with Gasteiger partial charge in [-0.3, -0.25) is 5.10 Å². The normalized spacial score (nSPS) is 11.8. The average molecular weight is 340 g/mol. The van der Waals surface area contributed by atoms with E-state index in [1.807, 2.05) is 42.5 Å². The van der Waals surface area contributed by atoms with Crippen LogP contribution in [0.25, 0.3) is 11.4 Å². The number of H-pyrrole nitrogens is 1. The summed E-state index contributed by atoms with van der Waals surface area (Å²) in [6, 6.07) is 12.6. The molecule has 0 amide bonds. The fourth-order valence-electron chi connectivity index (χ4n) is 2.51. The molecule has 1 atom stereocenters. The van der Waals surface area contributed by atoms with Gasteiger partial charge in [0.1, 0.15) is 11.6 Å². The Kier molecular flexibility index (Phi) is 4.85. The first-order valence-electron chi connectivity index (χ1n) is 7.70. The molecule has 0 aliphatic heterocycles. The molecule has 7 nitrogen and oxygen atoms in total. The fraction of sp³-hybridized carbons (Fsp3) is 0.222. The number of methoxy groups -OCH3 is 3. The van der Waals surface area contributed by atoms with Crippen molar-refractivity contribution in [3.8, 4) is 28.6 Å². The highest BCUT2D eigenvalue weighted by atomic mass is 16.5. The van der Waals surface area contributed by atoms with Crippen LogP contribution in [0.1, 0.15) is 17.4 Å². The molecule has 0 fully saturated rings. The summed E-state index contributed by atoms with van der Waals surface area (Å²) in [5.74, 6) is 3.11. The lowest BCUT2D eigenvalue weighted by atomic mass is 10.1. The van der Waals surface area contributed by atoms with Crippen molar-refractivity contribution in [3.05, 3.63) is 53.9 Å². The first kappa shape index (κ1) is 16.8. The minimum atomic E-state index is -0.434. The summed E-state index contributed by atoms with van der Waals surface area (Å²) in [5.41, 5.74) is 7.99. The number of aromatic nitrogens is 3. The Labute approximate surface area is 145 Å². The monoisotopic (exact) mass is 340 g/mol. The van der Waals surface area contributed by atoms with Gasteiger partial charge in [0, 0.05) is 5.56 Å². The van der Waals surface area contributed by atoms with Gasteiger partial charge in [0.15, 0.2) is 17.3 Å². The van der Waals surface area contributed by atoms with E-state index in [2.05, 4.69) is 15.2 Å². The maximum Gasteiger partial charge on any atom is 0.181 e. The highest BCUT2D eigenvalue weighted by molar-refractivity contribution is 5.61. The van der Waals surface area contributed by atoms with Crippen LogP contribution < -0.4 is 19.9 Å². The molecule has 0 saturated carbocycles. The first-order chi connectivity index (χ1) is 12.2. The van der Waals surface area contributed by atoms with Crippen LogP contribution in [-0.2, 0) is 0 Å². The Morgan fingerprint density at radius 1 is 0.960 bits per heavy atom. The fourth-order valence-corrected chi connectivity index (χ4v) is 2.51. The molecule has 3 aromatic rings. The number of ether oxygens (including phenoxy) is 3. The molecule has 0 bridgehead atoms. The average Bonchev–Trinajstić information content (AvgIpc) is 3.17. The Morgan fingerprint density at radius 3 is 2.48 bits per heavy atom. The van der Waals surface area contributed by atoms with E-state index in [9.17, 15) is 0 Å².